The summed E-state index contributed by atoms with van der Waals surface area (Å²) in [4.78, 5) is 4.23. The predicted octanol–water partition coefficient (Wildman–Crippen LogP) is 2.62. The van der Waals surface area contributed by atoms with Crippen LogP contribution in [0.15, 0.2) is 60.7 Å². The minimum absolute atomic E-state index is 0.146. The maximum atomic E-state index is 10.1. The first-order valence-corrected chi connectivity index (χ1v) is 7.26. The number of nitrogens with one attached hydrogen (secondary N) is 1. The van der Waals surface area contributed by atoms with Crippen molar-refractivity contribution < 1.29 is 5.11 Å². The molecular formula is C17H15N5O. The number of aromatic hydroxyl groups is 1. The van der Waals surface area contributed by atoms with Gasteiger partial charge in [-0.15, -0.1) is 5.10 Å². The van der Waals surface area contributed by atoms with Gasteiger partial charge in [-0.25, -0.2) is 4.68 Å². The summed E-state index contributed by atoms with van der Waals surface area (Å²) in [5.74, 6) is 0.969. The Morgan fingerprint density at radius 2 is 1.78 bits per heavy atom. The Bertz CT molecular complexity index is 885. The summed E-state index contributed by atoms with van der Waals surface area (Å²) in [6, 6.07) is 17.0. The van der Waals surface area contributed by atoms with E-state index in [0.29, 0.717) is 11.5 Å². The molecule has 4 rings (SSSR count). The van der Waals surface area contributed by atoms with Gasteiger partial charge >= 0.3 is 0 Å². The smallest absolute Gasteiger partial charge is 0.241 e. The molecule has 6 heteroatoms. The van der Waals surface area contributed by atoms with Crippen molar-refractivity contribution in [2.45, 2.75) is 6.04 Å². The van der Waals surface area contributed by atoms with E-state index in [1.807, 2.05) is 48.5 Å². The average molecular weight is 305 g/mol. The van der Waals surface area contributed by atoms with Crippen molar-refractivity contribution in [1.82, 2.24) is 14.8 Å². The van der Waals surface area contributed by atoms with E-state index in [9.17, 15) is 5.11 Å². The van der Waals surface area contributed by atoms with Gasteiger partial charge in [-0.3, -0.25) is 0 Å². The van der Waals surface area contributed by atoms with Gasteiger partial charge in [-0.2, -0.15) is 4.98 Å². The number of allylic oxidation sites excluding steroid dienone is 1. The fraction of sp³-hybridized carbons (Fsp3) is 0.0588. The first-order chi connectivity index (χ1) is 11.2. The standard InChI is InChI=1S/C17H15N5O/c18-16-20-17-19-13(12-8-4-5-9-15(12)23)10-14(22(17)21-16)11-6-2-1-3-7-11/h1-10,14,23H,(H3,18,19,20,21)/t14-/m1/s1. The van der Waals surface area contributed by atoms with E-state index in [1.165, 1.54) is 0 Å². The number of fused-ring (bicyclic) bond motifs is 1. The van der Waals surface area contributed by atoms with Crippen LogP contribution in [-0.4, -0.2) is 19.9 Å². The Morgan fingerprint density at radius 1 is 1.04 bits per heavy atom. The van der Waals surface area contributed by atoms with Crippen LogP contribution in [0.25, 0.3) is 5.70 Å². The quantitative estimate of drug-likeness (QED) is 0.677. The molecule has 0 amide bonds. The number of benzene rings is 2. The van der Waals surface area contributed by atoms with Crippen molar-refractivity contribution in [3.63, 3.8) is 0 Å². The second kappa shape index (κ2) is 5.17. The van der Waals surface area contributed by atoms with Crippen molar-refractivity contribution >= 4 is 17.6 Å². The zero-order valence-corrected chi connectivity index (χ0v) is 12.2. The molecule has 0 aliphatic carbocycles. The third-order valence-electron chi connectivity index (χ3n) is 3.82. The summed E-state index contributed by atoms with van der Waals surface area (Å²) in [7, 11) is 0. The van der Waals surface area contributed by atoms with E-state index >= 15 is 0 Å². The van der Waals surface area contributed by atoms with Gasteiger partial charge in [-0.05, 0) is 23.8 Å². The number of para-hydroxylation sites is 1. The molecule has 0 saturated heterocycles. The number of rotatable bonds is 2. The molecule has 1 atom stereocenters. The van der Waals surface area contributed by atoms with Crippen molar-refractivity contribution in [3.05, 3.63) is 71.8 Å². The first-order valence-electron chi connectivity index (χ1n) is 7.26. The molecule has 0 spiro atoms. The van der Waals surface area contributed by atoms with Crippen LogP contribution >= 0.6 is 0 Å². The monoisotopic (exact) mass is 305 g/mol. The first kappa shape index (κ1) is 13.4. The van der Waals surface area contributed by atoms with E-state index < -0.39 is 0 Å². The molecule has 1 aliphatic rings. The lowest BCUT2D eigenvalue weighted by Crippen LogP contribution is -2.20. The van der Waals surface area contributed by atoms with Gasteiger partial charge in [0.2, 0.25) is 11.9 Å². The third-order valence-corrected chi connectivity index (χ3v) is 3.82. The van der Waals surface area contributed by atoms with Gasteiger partial charge in [0.1, 0.15) is 11.8 Å². The fourth-order valence-corrected chi connectivity index (χ4v) is 2.76. The minimum atomic E-state index is -0.146. The normalized spacial score (nSPS) is 16.3. The Balaban J connectivity index is 1.86. The lowest BCUT2D eigenvalue weighted by molar-refractivity contribution is 0.473. The van der Waals surface area contributed by atoms with Gasteiger partial charge in [0, 0.05) is 5.56 Å². The molecule has 0 bridgehead atoms. The van der Waals surface area contributed by atoms with Crippen LogP contribution < -0.4 is 11.1 Å². The molecule has 0 fully saturated rings. The molecule has 2 heterocycles. The SMILES string of the molecule is Nc1nc2n(n1)[C@@H](c1ccccc1)C=C(c1ccccc1O)N2. The molecule has 23 heavy (non-hydrogen) atoms. The average Bonchev–Trinajstić information content (AvgIpc) is 2.95. The van der Waals surface area contributed by atoms with Crippen LogP contribution in [-0.2, 0) is 0 Å². The molecule has 1 aliphatic heterocycles. The number of phenols is 1. The Morgan fingerprint density at radius 3 is 2.57 bits per heavy atom. The number of nitrogen functional groups attached to an aromatic ring is 1. The highest BCUT2D eigenvalue weighted by Gasteiger charge is 2.25. The number of nitrogens with zero attached hydrogens (tertiary/aromatic N) is 3. The van der Waals surface area contributed by atoms with E-state index in [2.05, 4.69) is 15.4 Å². The maximum Gasteiger partial charge on any atom is 0.241 e. The highest BCUT2D eigenvalue weighted by Crippen LogP contribution is 2.35. The summed E-state index contributed by atoms with van der Waals surface area (Å²) in [6.07, 6.45) is 2.01. The molecule has 4 N–H and O–H groups in total. The zero-order chi connectivity index (χ0) is 15.8. The molecule has 0 unspecified atom stereocenters. The van der Waals surface area contributed by atoms with E-state index in [1.54, 1.807) is 16.8 Å². The van der Waals surface area contributed by atoms with Crippen molar-refractivity contribution in [2.75, 3.05) is 11.1 Å². The summed E-state index contributed by atoms with van der Waals surface area (Å²) >= 11 is 0. The van der Waals surface area contributed by atoms with E-state index in [-0.39, 0.29) is 17.7 Å². The third kappa shape index (κ3) is 2.30. The predicted molar refractivity (Wildman–Crippen MR) is 88.7 cm³/mol. The molecule has 1 aromatic heterocycles. The summed E-state index contributed by atoms with van der Waals surface area (Å²) in [5, 5.41) is 17.6. The minimum Gasteiger partial charge on any atom is -0.507 e. The lowest BCUT2D eigenvalue weighted by Gasteiger charge is -2.24. The van der Waals surface area contributed by atoms with Gasteiger partial charge < -0.3 is 16.2 Å². The number of hydrogen-bond acceptors (Lipinski definition) is 5. The van der Waals surface area contributed by atoms with E-state index in [0.717, 1.165) is 11.3 Å². The van der Waals surface area contributed by atoms with Gasteiger partial charge in [-0.1, -0.05) is 42.5 Å². The van der Waals surface area contributed by atoms with Crippen LogP contribution in [0.5, 0.6) is 5.75 Å². The highest BCUT2D eigenvalue weighted by molar-refractivity contribution is 5.80. The molecular weight excluding hydrogens is 290 g/mol. The van der Waals surface area contributed by atoms with Gasteiger partial charge in [0.25, 0.3) is 0 Å². The van der Waals surface area contributed by atoms with Crippen molar-refractivity contribution in [2.24, 2.45) is 0 Å². The lowest BCUT2D eigenvalue weighted by atomic mass is 10.0. The number of phenolic OH excluding ortho intramolecular Hbond substituents is 1. The van der Waals surface area contributed by atoms with Crippen molar-refractivity contribution in [1.29, 1.82) is 0 Å². The molecule has 0 radical (unpaired) electrons. The fourth-order valence-electron chi connectivity index (χ4n) is 2.76. The van der Waals surface area contributed by atoms with E-state index in [4.69, 9.17) is 5.73 Å². The zero-order valence-electron chi connectivity index (χ0n) is 12.2. The van der Waals surface area contributed by atoms with Crippen molar-refractivity contribution in [3.8, 4) is 5.75 Å². The summed E-state index contributed by atoms with van der Waals surface area (Å²) < 4.78 is 1.74. The van der Waals surface area contributed by atoms with Crippen LogP contribution in [0, 0.1) is 0 Å². The number of aromatic nitrogens is 3. The maximum absolute atomic E-state index is 10.1. The molecule has 0 saturated carbocycles. The summed E-state index contributed by atoms with van der Waals surface area (Å²) in [5.41, 5.74) is 8.30. The topological polar surface area (TPSA) is 89.0 Å². The second-order valence-corrected chi connectivity index (χ2v) is 5.32. The highest BCUT2D eigenvalue weighted by atomic mass is 16.3. The van der Waals surface area contributed by atoms with Crippen LogP contribution in [0.2, 0.25) is 0 Å². The van der Waals surface area contributed by atoms with Crippen LogP contribution in [0.1, 0.15) is 17.2 Å². The largest absolute Gasteiger partial charge is 0.507 e. The Hall–Kier alpha value is -3.28. The Kier molecular flexibility index (Phi) is 3.01. The van der Waals surface area contributed by atoms with Gasteiger partial charge in [0.15, 0.2) is 0 Å². The number of nitrogens with two attached hydrogens (primary N) is 1. The molecule has 2 aromatic carbocycles. The van der Waals surface area contributed by atoms with Crippen LogP contribution in [0.3, 0.4) is 0 Å². The Labute approximate surface area is 132 Å². The number of anilines is 2. The molecule has 3 aromatic rings. The van der Waals surface area contributed by atoms with Gasteiger partial charge in [0.05, 0.1) is 5.70 Å². The van der Waals surface area contributed by atoms with Crippen LogP contribution in [0.4, 0.5) is 11.9 Å². The summed E-state index contributed by atoms with van der Waals surface area (Å²) in [6.45, 7) is 0. The molecule has 6 nitrogen and oxygen atoms in total. The molecule has 114 valence electrons. The second-order valence-electron chi connectivity index (χ2n) is 5.32. The number of hydrogen-bond donors (Lipinski definition) is 3.